The maximum atomic E-state index is 12.3. The van der Waals surface area contributed by atoms with Crippen molar-refractivity contribution in [2.24, 2.45) is 0 Å². The summed E-state index contributed by atoms with van der Waals surface area (Å²) in [7, 11) is 0. The lowest BCUT2D eigenvalue weighted by molar-refractivity contribution is 0.0940. The van der Waals surface area contributed by atoms with Crippen LogP contribution in [0.4, 0.5) is 0 Å². The second kappa shape index (κ2) is 6.71. The van der Waals surface area contributed by atoms with E-state index < -0.39 is 0 Å². The van der Waals surface area contributed by atoms with Crippen LogP contribution in [0.5, 0.6) is 0 Å². The topological polar surface area (TPSA) is 103 Å². The lowest BCUT2D eigenvalue weighted by Crippen LogP contribution is -2.24. The van der Waals surface area contributed by atoms with Gasteiger partial charge in [0, 0.05) is 18.4 Å². The van der Waals surface area contributed by atoms with Crippen LogP contribution in [0, 0.1) is 6.92 Å². The number of aryl methyl sites for hydroxylation is 1. The van der Waals surface area contributed by atoms with Crippen LogP contribution < -0.4 is 5.32 Å². The molecule has 0 saturated heterocycles. The molecular formula is C17H16N8O. The largest absolute Gasteiger partial charge is 0.345 e. The fourth-order valence-electron chi connectivity index (χ4n) is 2.53. The van der Waals surface area contributed by atoms with E-state index in [9.17, 15) is 4.79 Å². The molecule has 1 N–H and O–H groups in total. The molecule has 0 spiro atoms. The van der Waals surface area contributed by atoms with Gasteiger partial charge in [-0.05, 0) is 24.1 Å². The molecule has 0 fully saturated rings. The number of aromatic nitrogens is 7. The van der Waals surface area contributed by atoms with Crippen LogP contribution in [-0.2, 0) is 13.1 Å². The van der Waals surface area contributed by atoms with Crippen molar-refractivity contribution in [3.05, 3.63) is 71.8 Å². The second-order valence-corrected chi connectivity index (χ2v) is 5.83. The lowest BCUT2D eigenvalue weighted by Gasteiger charge is -2.05. The molecule has 0 atom stereocenters. The number of benzene rings is 1. The van der Waals surface area contributed by atoms with Gasteiger partial charge < -0.3 is 5.32 Å². The highest BCUT2D eigenvalue weighted by atomic mass is 16.2. The van der Waals surface area contributed by atoms with Crippen LogP contribution in [0.3, 0.4) is 0 Å². The van der Waals surface area contributed by atoms with Gasteiger partial charge in [0.15, 0.2) is 0 Å². The van der Waals surface area contributed by atoms with Crippen molar-refractivity contribution in [2.75, 3.05) is 0 Å². The number of nitrogens with one attached hydrogen (secondary N) is 1. The smallest absolute Gasteiger partial charge is 0.291 e. The third-order valence-corrected chi connectivity index (χ3v) is 3.92. The zero-order chi connectivity index (χ0) is 17.9. The summed E-state index contributed by atoms with van der Waals surface area (Å²) in [6.07, 6.45) is 4.82. The van der Waals surface area contributed by atoms with E-state index >= 15 is 0 Å². The van der Waals surface area contributed by atoms with Gasteiger partial charge in [-0.15, -0.1) is 5.10 Å². The van der Waals surface area contributed by atoms with Crippen LogP contribution in [0.1, 0.15) is 27.4 Å². The van der Waals surface area contributed by atoms with Gasteiger partial charge in [-0.2, -0.15) is 10.1 Å². The van der Waals surface area contributed by atoms with E-state index in [2.05, 4.69) is 30.5 Å². The molecule has 0 aliphatic rings. The third kappa shape index (κ3) is 3.27. The van der Waals surface area contributed by atoms with Crippen LogP contribution in [0.2, 0.25) is 0 Å². The highest BCUT2D eigenvalue weighted by molar-refractivity contribution is 5.90. The van der Waals surface area contributed by atoms with E-state index in [0.717, 1.165) is 16.8 Å². The Morgan fingerprint density at radius 1 is 1.15 bits per heavy atom. The molecule has 0 saturated carbocycles. The van der Waals surface area contributed by atoms with Gasteiger partial charge in [0.25, 0.3) is 11.7 Å². The van der Waals surface area contributed by atoms with Crippen molar-refractivity contribution in [1.82, 2.24) is 39.7 Å². The molecule has 1 amide bonds. The minimum absolute atomic E-state index is 0.106. The molecule has 0 unspecified atom stereocenters. The van der Waals surface area contributed by atoms with E-state index in [-0.39, 0.29) is 11.7 Å². The Labute approximate surface area is 148 Å². The van der Waals surface area contributed by atoms with E-state index in [4.69, 9.17) is 0 Å². The number of hydrogen-bond donors (Lipinski definition) is 1. The summed E-state index contributed by atoms with van der Waals surface area (Å²) in [4.78, 5) is 24.5. The van der Waals surface area contributed by atoms with Gasteiger partial charge in [-0.3, -0.25) is 4.79 Å². The first-order valence-corrected chi connectivity index (χ1v) is 8.06. The summed E-state index contributed by atoms with van der Waals surface area (Å²) >= 11 is 0. The molecule has 3 aromatic heterocycles. The highest BCUT2D eigenvalue weighted by Crippen LogP contribution is 2.07. The van der Waals surface area contributed by atoms with Crippen molar-refractivity contribution >= 4 is 11.7 Å². The summed E-state index contributed by atoms with van der Waals surface area (Å²) < 4.78 is 3.30. The molecule has 9 heteroatoms. The van der Waals surface area contributed by atoms with Crippen molar-refractivity contribution in [2.45, 2.75) is 20.0 Å². The summed E-state index contributed by atoms with van der Waals surface area (Å²) in [6, 6.07) is 9.74. The maximum absolute atomic E-state index is 12.3. The Morgan fingerprint density at radius 2 is 1.96 bits per heavy atom. The first kappa shape index (κ1) is 15.9. The van der Waals surface area contributed by atoms with E-state index in [0.29, 0.717) is 18.9 Å². The van der Waals surface area contributed by atoms with Crippen LogP contribution >= 0.6 is 0 Å². The average molecular weight is 348 g/mol. The SMILES string of the molecule is Cc1ccnc2nc(C(=O)NCc3ccc(Cn4cncn4)cc3)nn12. The van der Waals surface area contributed by atoms with Crippen LogP contribution in [0.15, 0.2) is 49.2 Å². The summed E-state index contributed by atoms with van der Waals surface area (Å²) in [6.45, 7) is 2.93. The first-order valence-electron chi connectivity index (χ1n) is 8.06. The molecule has 0 radical (unpaired) electrons. The molecule has 26 heavy (non-hydrogen) atoms. The zero-order valence-corrected chi connectivity index (χ0v) is 14.1. The number of rotatable bonds is 5. The van der Waals surface area contributed by atoms with Gasteiger partial charge in [-0.25, -0.2) is 19.2 Å². The van der Waals surface area contributed by atoms with Crippen LogP contribution in [0.25, 0.3) is 5.78 Å². The Hall–Kier alpha value is -3.62. The number of hydrogen-bond acceptors (Lipinski definition) is 6. The predicted molar refractivity (Wildman–Crippen MR) is 92.3 cm³/mol. The molecule has 0 aliphatic heterocycles. The maximum Gasteiger partial charge on any atom is 0.291 e. The molecule has 0 aliphatic carbocycles. The summed E-state index contributed by atoms with van der Waals surface area (Å²) in [5, 5.41) is 11.1. The molecule has 4 aromatic rings. The van der Waals surface area contributed by atoms with Crippen molar-refractivity contribution in [1.29, 1.82) is 0 Å². The quantitative estimate of drug-likeness (QED) is 0.577. The van der Waals surface area contributed by atoms with Gasteiger partial charge >= 0.3 is 0 Å². The minimum atomic E-state index is -0.332. The predicted octanol–water partition coefficient (Wildman–Crippen LogP) is 1.00. The summed E-state index contributed by atoms with van der Waals surface area (Å²) in [5.74, 6) is 0.184. The minimum Gasteiger partial charge on any atom is -0.345 e. The average Bonchev–Trinajstić information content (AvgIpc) is 3.31. The van der Waals surface area contributed by atoms with Crippen LogP contribution in [-0.4, -0.2) is 40.3 Å². The first-order chi connectivity index (χ1) is 12.7. The number of carbonyl (C=O) groups is 1. The molecule has 3 heterocycles. The van der Waals surface area contributed by atoms with Crippen molar-refractivity contribution < 1.29 is 4.79 Å². The molecular weight excluding hydrogens is 332 g/mol. The fourth-order valence-corrected chi connectivity index (χ4v) is 2.53. The lowest BCUT2D eigenvalue weighted by atomic mass is 10.1. The molecule has 0 bridgehead atoms. The second-order valence-electron chi connectivity index (χ2n) is 5.83. The van der Waals surface area contributed by atoms with Crippen molar-refractivity contribution in [3.63, 3.8) is 0 Å². The Kier molecular flexibility index (Phi) is 4.10. The number of amides is 1. The highest BCUT2D eigenvalue weighted by Gasteiger charge is 2.13. The van der Waals surface area contributed by atoms with Gasteiger partial charge in [-0.1, -0.05) is 24.3 Å². The zero-order valence-electron chi connectivity index (χ0n) is 14.1. The number of nitrogens with zero attached hydrogens (tertiary/aromatic N) is 7. The van der Waals surface area contributed by atoms with E-state index in [1.807, 2.05) is 37.3 Å². The molecule has 130 valence electrons. The standard InChI is InChI=1S/C17H16N8O/c1-12-6-7-19-17-22-15(23-25(12)17)16(26)20-8-13-2-4-14(5-3-13)9-24-11-18-10-21-24/h2-7,10-11H,8-9H2,1H3,(H,20,26). The normalized spacial score (nSPS) is 11.0. The molecule has 9 nitrogen and oxygen atoms in total. The van der Waals surface area contributed by atoms with E-state index in [1.165, 1.54) is 6.33 Å². The summed E-state index contributed by atoms with van der Waals surface area (Å²) in [5.41, 5.74) is 2.96. The fraction of sp³-hybridized carbons (Fsp3) is 0.176. The Morgan fingerprint density at radius 3 is 2.69 bits per heavy atom. The van der Waals surface area contributed by atoms with E-state index in [1.54, 1.807) is 21.7 Å². The number of fused-ring (bicyclic) bond motifs is 1. The number of carbonyl (C=O) groups excluding carboxylic acids is 1. The van der Waals surface area contributed by atoms with Gasteiger partial charge in [0.1, 0.15) is 12.7 Å². The third-order valence-electron chi connectivity index (χ3n) is 3.92. The van der Waals surface area contributed by atoms with Crippen molar-refractivity contribution in [3.8, 4) is 0 Å². The Bertz CT molecular complexity index is 1040. The molecule has 1 aromatic carbocycles. The Balaban J connectivity index is 1.39. The monoisotopic (exact) mass is 348 g/mol. The van der Waals surface area contributed by atoms with Gasteiger partial charge in [0.05, 0.1) is 6.54 Å². The molecule has 4 rings (SSSR count). The van der Waals surface area contributed by atoms with Gasteiger partial charge in [0.2, 0.25) is 5.82 Å².